The highest BCUT2D eigenvalue weighted by Crippen LogP contribution is 2.53. The van der Waals surface area contributed by atoms with E-state index < -0.39 is 23.3 Å². The van der Waals surface area contributed by atoms with Crippen LogP contribution in [0.1, 0.15) is 13.3 Å². The molecule has 22 heavy (non-hydrogen) atoms. The Balaban J connectivity index is 2.19. The third-order valence-electron chi connectivity index (χ3n) is 5.14. The van der Waals surface area contributed by atoms with Gasteiger partial charge in [0.05, 0.1) is 31.5 Å². The van der Waals surface area contributed by atoms with Gasteiger partial charge >= 0.3 is 5.97 Å². The van der Waals surface area contributed by atoms with Crippen molar-refractivity contribution in [1.82, 2.24) is 9.80 Å². The van der Waals surface area contributed by atoms with Crippen molar-refractivity contribution in [2.75, 3.05) is 27.0 Å². The van der Waals surface area contributed by atoms with Crippen molar-refractivity contribution in [2.45, 2.75) is 24.9 Å². The van der Waals surface area contributed by atoms with Crippen molar-refractivity contribution >= 4 is 34.7 Å². The molecule has 7 nitrogen and oxygen atoms in total. The van der Waals surface area contributed by atoms with Gasteiger partial charge in [0, 0.05) is 7.05 Å². The second-order valence-corrected chi connectivity index (χ2v) is 6.55. The number of likely N-dealkylation sites (tertiary alicyclic amines) is 1. The van der Waals surface area contributed by atoms with Gasteiger partial charge < -0.3 is 9.64 Å². The van der Waals surface area contributed by atoms with Crippen molar-refractivity contribution < 1.29 is 19.1 Å². The first-order valence-electron chi connectivity index (χ1n) is 7.23. The number of aliphatic imine (C=N–C) groups is 1. The SMILES string of the molecule is CC[C@]1(C(=O)OC)[C@H]2C(=O)N(C)C(=O)[C@H]2[C@H]2CN=C(SC)N21. The van der Waals surface area contributed by atoms with Crippen LogP contribution in [-0.4, -0.2) is 71.3 Å². The summed E-state index contributed by atoms with van der Waals surface area (Å²) in [5.41, 5.74) is -1.14. The number of fused-ring (bicyclic) bond motifs is 3. The van der Waals surface area contributed by atoms with Crippen molar-refractivity contribution in [1.29, 1.82) is 0 Å². The number of amides is 2. The summed E-state index contributed by atoms with van der Waals surface area (Å²) in [6, 6.07) is -0.243. The number of hydrogen-bond acceptors (Lipinski definition) is 7. The Bertz CT molecular complexity index is 593. The molecule has 0 aromatic heterocycles. The van der Waals surface area contributed by atoms with Crippen LogP contribution in [0.3, 0.4) is 0 Å². The lowest BCUT2D eigenvalue weighted by atomic mass is 9.78. The second-order valence-electron chi connectivity index (χ2n) is 5.77. The zero-order chi connectivity index (χ0) is 16.2. The Labute approximate surface area is 133 Å². The summed E-state index contributed by atoms with van der Waals surface area (Å²) in [5, 5.41) is 0.704. The van der Waals surface area contributed by atoms with E-state index in [0.717, 1.165) is 4.90 Å². The number of hydrogen-bond donors (Lipinski definition) is 0. The summed E-state index contributed by atoms with van der Waals surface area (Å²) in [4.78, 5) is 45.3. The lowest BCUT2D eigenvalue weighted by Crippen LogP contribution is -2.59. The normalized spacial score (nSPS) is 36.5. The Morgan fingerprint density at radius 3 is 2.68 bits per heavy atom. The molecule has 120 valence electrons. The molecule has 2 saturated heterocycles. The molecule has 0 aromatic carbocycles. The van der Waals surface area contributed by atoms with Gasteiger partial charge in [0.2, 0.25) is 11.8 Å². The van der Waals surface area contributed by atoms with Crippen molar-refractivity contribution in [3.8, 4) is 0 Å². The summed E-state index contributed by atoms with van der Waals surface area (Å²) < 4.78 is 5.03. The highest BCUT2D eigenvalue weighted by atomic mass is 32.2. The highest BCUT2D eigenvalue weighted by Gasteiger charge is 2.72. The molecule has 4 atom stereocenters. The molecule has 0 bridgehead atoms. The first-order chi connectivity index (χ1) is 10.4. The summed E-state index contributed by atoms with van der Waals surface area (Å²) in [6.07, 6.45) is 2.27. The van der Waals surface area contributed by atoms with Crippen LogP contribution in [0, 0.1) is 11.8 Å². The maximum Gasteiger partial charge on any atom is 0.332 e. The lowest BCUT2D eigenvalue weighted by Gasteiger charge is -2.39. The molecule has 8 heteroatoms. The molecule has 0 N–H and O–H groups in total. The standard InChI is InChI=1S/C14H19N3O4S/c1-5-14(12(20)21-3)9-8(10(18)16(2)11(9)19)7-6-15-13(22-4)17(7)14/h7-9H,5-6H2,1-4H3/t7-,8+,9-,14-/m1/s1. The van der Waals surface area contributed by atoms with Crippen LogP contribution >= 0.6 is 11.8 Å². The quantitative estimate of drug-likeness (QED) is 0.523. The van der Waals surface area contributed by atoms with Crippen LogP contribution in [-0.2, 0) is 19.1 Å². The minimum Gasteiger partial charge on any atom is -0.467 e. The van der Waals surface area contributed by atoms with E-state index in [-0.39, 0.29) is 17.9 Å². The topological polar surface area (TPSA) is 79.3 Å². The summed E-state index contributed by atoms with van der Waals surface area (Å²) in [5.74, 6) is -2.19. The molecule has 3 rings (SSSR count). The van der Waals surface area contributed by atoms with Gasteiger partial charge in [-0.2, -0.15) is 0 Å². The second kappa shape index (κ2) is 4.97. The van der Waals surface area contributed by atoms with Gasteiger partial charge in [-0.15, -0.1) is 0 Å². The monoisotopic (exact) mass is 325 g/mol. The molecule has 3 heterocycles. The molecule has 2 fully saturated rings. The fraction of sp³-hybridized carbons (Fsp3) is 0.714. The summed E-state index contributed by atoms with van der Waals surface area (Å²) >= 11 is 1.43. The van der Waals surface area contributed by atoms with Gasteiger partial charge in [-0.3, -0.25) is 19.5 Å². The zero-order valence-electron chi connectivity index (χ0n) is 13.0. The molecule has 3 aliphatic rings. The van der Waals surface area contributed by atoms with Gasteiger partial charge in [0.1, 0.15) is 0 Å². The minimum absolute atomic E-state index is 0.221. The van der Waals surface area contributed by atoms with Gasteiger partial charge in [-0.1, -0.05) is 18.7 Å². The third kappa shape index (κ3) is 1.53. The number of ether oxygens (including phenoxy) is 1. The van der Waals surface area contributed by atoms with E-state index in [0.29, 0.717) is 18.1 Å². The van der Waals surface area contributed by atoms with Crippen LogP contribution < -0.4 is 0 Å². The molecular formula is C14H19N3O4S. The van der Waals surface area contributed by atoms with Crippen molar-refractivity contribution in [2.24, 2.45) is 16.8 Å². The van der Waals surface area contributed by atoms with E-state index in [1.807, 2.05) is 18.1 Å². The highest BCUT2D eigenvalue weighted by molar-refractivity contribution is 8.13. The summed E-state index contributed by atoms with van der Waals surface area (Å²) in [6.45, 7) is 2.28. The van der Waals surface area contributed by atoms with Gasteiger partial charge in [-0.05, 0) is 12.7 Å². The zero-order valence-corrected chi connectivity index (χ0v) is 13.8. The number of methoxy groups -OCH3 is 1. The van der Waals surface area contributed by atoms with Crippen LogP contribution in [0.4, 0.5) is 0 Å². The number of imide groups is 1. The maximum atomic E-state index is 12.7. The smallest absolute Gasteiger partial charge is 0.332 e. The number of carbonyl (C=O) groups excluding carboxylic acids is 3. The summed E-state index contributed by atoms with van der Waals surface area (Å²) in [7, 11) is 2.80. The number of thioether (sulfide) groups is 1. The van der Waals surface area contributed by atoms with Crippen LogP contribution in [0.15, 0.2) is 4.99 Å². The molecule has 3 aliphatic heterocycles. The van der Waals surface area contributed by atoms with Crippen molar-refractivity contribution in [3.63, 3.8) is 0 Å². The number of esters is 1. The third-order valence-corrected chi connectivity index (χ3v) is 5.83. The van der Waals surface area contributed by atoms with Crippen LogP contribution in [0.25, 0.3) is 0 Å². The van der Waals surface area contributed by atoms with E-state index in [1.165, 1.54) is 25.9 Å². The average Bonchev–Trinajstić information content (AvgIpc) is 3.13. The molecule has 0 aliphatic carbocycles. The largest absolute Gasteiger partial charge is 0.467 e. The Kier molecular flexibility index (Phi) is 3.47. The number of rotatable bonds is 2. The molecule has 0 aromatic rings. The lowest BCUT2D eigenvalue weighted by molar-refractivity contribution is -0.158. The van der Waals surface area contributed by atoms with Gasteiger partial charge in [-0.25, -0.2) is 4.79 Å². The van der Waals surface area contributed by atoms with Crippen molar-refractivity contribution in [3.05, 3.63) is 0 Å². The molecule has 0 unspecified atom stereocenters. The van der Waals surface area contributed by atoms with E-state index >= 15 is 0 Å². The predicted octanol–water partition coefficient (Wildman–Crippen LogP) is -0.0440. The van der Waals surface area contributed by atoms with Gasteiger partial charge in [0.25, 0.3) is 0 Å². The number of nitrogens with zero attached hydrogens (tertiary/aromatic N) is 3. The van der Waals surface area contributed by atoms with E-state index in [1.54, 1.807) is 0 Å². The van der Waals surface area contributed by atoms with E-state index in [9.17, 15) is 14.4 Å². The average molecular weight is 325 g/mol. The first-order valence-corrected chi connectivity index (χ1v) is 8.45. The predicted molar refractivity (Wildman–Crippen MR) is 81.2 cm³/mol. The number of carbonyl (C=O) groups is 3. The Hall–Kier alpha value is -1.57. The van der Waals surface area contributed by atoms with E-state index in [4.69, 9.17) is 4.74 Å². The fourth-order valence-electron chi connectivity index (χ4n) is 4.19. The molecule has 0 spiro atoms. The van der Waals surface area contributed by atoms with E-state index in [2.05, 4.69) is 4.99 Å². The molecular weight excluding hydrogens is 306 g/mol. The van der Waals surface area contributed by atoms with Crippen LogP contribution in [0.5, 0.6) is 0 Å². The van der Waals surface area contributed by atoms with Crippen LogP contribution in [0.2, 0.25) is 0 Å². The molecule has 0 radical (unpaired) electrons. The Morgan fingerprint density at radius 2 is 2.14 bits per heavy atom. The minimum atomic E-state index is -1.14. The molecule has 0 saturated carbocycles. The Morgan fingerprint density at radius 1 is 1.45 bits per heavy atom. The molecule has 2 amide bonds. The number of amidine groups is 1. The van der Waals surface area contributed by atoms with Gasteiger partial charge in [0.15, 0.2) is 10.7 Å². The fourth-order valence-corrected chi connectivity index (χ4v) is 4.89. The first kappa shape index (κ1) is 15.3. The maximum absolute atomic E-state index is 12.7.